The Hall–Kier alpha value is -1.70. The largest absolute Gasteiger partial charge is 0.393 e. The maximum Gasteiger partial charge on any atom is 0.241 e. The number of sulfonamides is 1. The van der Waals surface area contributed by atoms with Crippen LogP contribution >= 0.6 is 0 Å². The van der Waals surface area contributed by atoms with Gasteiger partial charge in [-0.05, 0) is 37.8 Å². The Kier molecular flexibility index (Phi) is 4.27. The molecule has 23 heavy (non-hydrogen) atoms. The number of aliphatic hydroxyl groups is 1. The van der Waals surface area contributed by atoms with Crippen molar-refractivity contribution in [3.05, 3.63) is 47.8 Å². The van der Waals surface area contributed by atoms with Crippen LogP contribution in [0.25, 0.3) is 0 Å². The molecule has 0 unspecified atom stereocenters. The summed E-state index contributed by atoms with van der Waals surface area (Å²) < 4.78 is 29.8. The number of hydrogen-bond donors (Lipinski definition) is 2. The molecular weight excluding hydrogens is 314 g/mol. The second kappa shape index (κ2) is 6.07. The standard InChI is InChI=1S/C16H21N3O3S/c1-11-3-5-15(6-4-11)23(21,22)18-16(12-7-14(20)8-12)13-9-17-19(2)10-13/h3-6,9-10,12,14,16,18,20H,7-8H2,1-2H3/t12?,14?,16-/m0/s1. The summed E-state index contributed by atoms with van der Waals surface area (Å²) in [5, 5.41) is 13.7. The topological polar surface area (TPSA) is 84.2 Å². The van der Waals surface area contributed by atoms with Crippen LogP contribution in [0.1, 0.15) is 30.0 Å². The monoisotopic (exact) mass is 335 g/mol. The van der Waals surface area contributed by atoms with Gasteiger partial charge in [-0.25, -0.2) is 13.1 Å². The Labute approximate surface area is 136 Å². The zero-order chi connectivity index (χ0) is 16.6. The Morgan fingerprint density at radius 2 is 1.96 bits per heavy atom. The van der Waals surface area contributed by atoms with E-state index in [1.165, 1.54) is 0 Å². The maximum atomic E-state index is 12.7. The van der Waals surface area contributed by atoms with Crippen molar-refractivity contribution in [2.24, 2.45) is 13.0 Å². The van der Waals surface area contributed by atoms with E-state index in [1.54, 1.807) is 42.2 Å². The highest BCUT2D eigenvalue weighted by atomic mass is 32.2. The van der Waals surface area contributed by atoms with Crippen molar-refractivity contribution in [3.8, 4) is 0 Å². The molecular formula is C16H21N3O3S. The van der Waals surface area contributed by atoms with Crippen LogP contribution in [0.5, 0.6) is 0 Å². The second-order valence-corrected chi connectivity index (χ2v) is 7.96. The number of rotatable bonds is 5. The normalized spacial score (nSPS) is 22.6. The average Bonchev–Trinajstić information content (AvgIpc) is 2.89. The predicted molar refractivity (Wildman–Crippen MR) is 86.2 cm³/mol. The van der Waals surface area contributed by atoms with Gasteiger partial charge < -0.3 is 5.11 Å². The summed E-state index contributed by atoms with van der Waals surface area (Å²) in [6, 6.07) is 6.39. The predicted octanol–water partition coefficient (Wildman–Crippen LogP) is 1.52. The molecule has 0 saturated heterocycles. The van der Waals surface area contributed by atoms with E-state index in [0.29, 0.717) is 12.8 Å². The number of hydrogen-bond acceptors (Lipinski definition) is 4. The van der Waals surface area contributed by atoms with E-state index < -0.39 is 10.0 Å². The molecule has 0 spiro atoms. The number of nitrogens with one attached hydrogen (secondary N) is 1. The van der Waals surface area contributed by atoms with Crippen molar-refractivity contribution in [3.63, 3.8) is 0 Å². The summed E-state index contributed by atoms with van der Waals surface area (Å²) in [7, 11) is -1.83. The lowest BCUT2D eigenvalue weighted by Crippen LogP contribution is -2.41. The quantitative estimate of drug-likeness (QED) is 0.868. The molecule has 3 rings (SSSR count). The number of aryl methyl sites for hydroxylation is 2. The van der Waals surface area contributed by atoms with Gasteiger partial charge in [-0.3, -0.25) is 4.68 Å². The molecule has 1 saturated carbocycles. The van der Waals surface area contributed by atoms with E-state index >= 15 is 0 Å². The first-order valence-electron chi connectivity index (χ1n) is 7.61. The molecule has 1 atom stereocenters. The highest BCUT2D eigenvalue weighted by Gasteiger charge is 2.37. The molecule has 0 aliphatic heterocycles. The number of nitrogens with zero attached hydrogens (tertiary/aromatic N) is 2. The molecule has 6 nitrogen and oxygen atoms in total. The van der Waals surface area contributed by atoms with Crippen molar-refractivity contribution in [2.75, 3.05) is 0 Å². The van der Waals surface area contributed by atoms with Gasteiger partial charge in [0, 0.05) is 18.8 Å². The van der Waals surface area contributed by atoms with E-state index in [4.69, 9.17) is 0 Å². The van der Waals surface area contributed by atoms with Gasteiger partial charge >= 0.3 is 0 Å². The van der Waals surface area contributed by atoms with Gasteiger partial charge in [-0.15, -0.1) is 0 Å². The minimum Gasteiger partial charge on any atom is -0.393 e. The molecule has 0 radical (unpaired) electrons. The molecule has 7 heteroatoms. The first-order valence-corrected chi connectivity index (χ1v) is 9.09. The van der Waals surface area contributed by atoms with Crippen molar-refractivity contribution in [1.82, 2.24) is 14.5 Å². The fourth-order valence-corrected chi connectivity index (χ4v) is 4.19. The summed E-state index contributed by atoms with van der Waals surface area (Å²) in [5.74, 6) is 0.0782. The van der Waals surface area contributed by atoms with Gasteiger partial charge in [0.05, 0.1) is 23.2 Å². The lowest BCUT2D eigenvalue weighted by Gasteiger charge is -2.37. The van der Waals surface area contributed by atoms with Crippen molar-refractivity contribution in [1.29, 1.82) is 0 Å². The molecule has 1 aliphatic carbocycles. The molecule has 1 fully saturated rings. The van der Waals surface area contributed by atoms with Gasteiger partial charge in [0.1, 0.15) is 0 Å². The zero-order valence-corrected chi connectivity index (χ0v) is 14.0. The third-order valence-electron chi connectivity index (χ3n) is 4.32. The van der Waals surface area contributed by atoms with Crippen LogP contribution in [-0.4, -0.2) is 29.4 Å². The summed E-state index contributed by atoms with van der Waals surface area (Å²) in [4.78, 5) is 0.247. The minimum absolute atomic E-state index is 0.0782. The summed E-state index contributed by atoms with van der Waals surface area (Å²) >= 11 is 0. The molecule has 1 aromatic heterocycles. The molecule has 1 aliphatic rings. The highest BCUT2D eigenvalue weighted by Crippen LogP contribution is 2.38. The fraction of sp³-hybridized carbons (Fsp3) is 0.438. The van der Waals surface area contributed by atoms with E-state index in [-0.39, 0.29) is 23.0 Å². The molecule has 0 amide bonds. The molecule has 124 valence electrons. The zero-order valence-electron chi connectivity index (χ0n) is 13.2. The van der Waals surface area contributed by atoms with Crippen LogP contribution in [0, 0.1) is 12.8 Å². The van der Waals surface area contributed by atoms with Gasteiger partial charge in [0.15, 0.2) is 0 Å². The molecule has 2 aromatic rings. The summed E-state index contributed by atoms with van der Waals surface area (Å²) in [5.41, 5.74) is 1.83. The maximum absolute atomic E-state index is 12.7. The van der Waals surface area contributed by atoms with Crippen LogP contribution < -0.4 is 4.72 Å². The Morgan fingerprint density at radius 1 is 1.30 bits per heavy atom. The Bertz CT molecular complexity index is 777. The highest BCUT2D eigenvalue weighted by molar-refractivity contribution is 7.89. The van der Waals surface area contributed by atoms with Crippen molar-refractivity contribution >= 4 is 10.0 Å². The van der Waals surface area contributed by atoms with Crippen LogP contribution in [-0.2, 0) is 17.1 Å². The molecule has 1 heterocycles. The van der Waals surface area contributed by atoms with E-state index in [9.17, 15) is 13.5 Å². The van der Waals surface area contributed by atoms with Gasteiger partial charge in [0.25, 0.3) is 0 Å². The average molecular weight is 335 g/mol. The summed E-state index contributed by atoms with van der Waals surface area (Å²) in [6.07, 6.45) is 4.33. The van der Waals surface area contributed by atoms with E-state index in [1.807, 2.05) is 13.1 Å². The number of benzene rings is 1. The van der Waals surface area contributed by atoms with Gasteiger partial charge in [-0.2, -0.15) is 5.10 Å². The molecule has 1 aromatic carbocycles. The first kappa shape index (κ1) is 16.2. The van der Waals surface area contributed by atoms with Gasteiger partial charge in [0.2, 0.25) is 10.0 Å². The number of aliphatic hydroxyl groups excluding tert-OH is 1. The van der Waals surface area contributed by atoms with E-state index in [0.717, 1.165) is 11.1 Å². The Balaban J connectivity index is 1.87. The first-order chi connectivity index (χ1) is 10.8. The lowest BCUT2D eigenvalue weighted by molar-refractivity contribution is 0.0280. The third kappa shape index (κ3) is 3.46. The SMILES string of the molecule is Cc1ccc(S(=O)(=O)N[C@H](c2cnn(C)c2)C2CC(O)C2)cc1. The van der Waals surface area contributed by atoms with Crippen LogP contribution in [0.3, 0.4) is 0 Å². The number of aromatic nitrogens is 2. The van der Waals surface area contributed by atoms with Crippen molar-refractivity contribution in [2.45, 2.75) is 36.8 Å². The third-order valence-corrected chi connectivity index (χ3v) is 5.78. The fourth-order valence-electron chi connectivity index (χ4n) is 2.89. The second-order valence-electron chi connectivity index (χ2n) is 6.24. The summed E-state index contributed by atoms with van der Waals surface area (Å²) in [6.45, 7) is 1.91. The minimum atomic E-state index is -3.62. The Morgan fingerprint density at radius 3 is 2.48 bits per heavy atom. The van der Waals surface area contributed by atoms with Crippen LogP contribution in [0.15, 0.2) is 41.6 Å². The van der Waals surface area contributed by atoms with Crippen LogP contribution in [0.4, 0.5) is 0 Å². The van der Waals surface area contributed by atoms with Gasteiger partial charge in [-0.1, -0.05) is 17.7 Å². The smallest absolute Gasteiger partial charge is 0.241 e. The van der Waals surface area contributed by atoms with E-state index in [2.05, 4.69) is 9.82 Å². The van der Waals surface area contributed by atoms with Crippen molar-refractivity contribution < 1.29 is 13.5 Å². The van der Waals surface area contributed by atoms with Crippen LogP contribution in [0.2, 0.25) is 0 Å². The lowest BCUT2D eigenvalue weighted by atomic mass is 9.76. The molecule has 0 bridgehead atoms. The molecule has 2 N–H and O–H groups in total.